The Hall–Kier alpha value is -3.37. The van der Waals surface area contributed by atoms with E-state index in [9.17, 15) is 19.8 Å². The van der Waals surface area contributed by atoms with Gasteiger partial charge < -0.3 is 30.5 Å². The van der Waals surface area contributed by atoms with Gasteiger partial charge in [0.25, 0.3) is 0 Å². The molecule has 2 aliphatic rings. The molecule has 1 aliphatic carbocycles. The summed E-state index contributed by atoms with van der Waals surface area (Å²) in [5.74, 6) is 1.58. The second-order valence-corrected chi connectivity index (χ2v) is 15.7. The summed E-state index contributed by atoms with van der Waals surface area (Å²) in [6.45, 7) is 8.84. The van der Waals surface area contributed by atoms with Crippen LogP contribution >= 0.6 is 11.8 Å². The molecule has 264 valence electrons. The van der Waals surface area contributed by atoms with E-state index in [4.69, 9.17) is 4.74 Å². The highest BCUT2D eigenvalue weighted by Gasteiger charge is 2.35. The van der Waals surface area contributed by atoms with Gasteiger partial charge in [-0.3, -0.25) is 4.79 Å². The molecule has 49 heavy (non-hydrogen) atoms. The van der Waals surface area contributed by atoms with Gasteiger partial charge in [-0.2, -0.15) is 11.8 Å². The number of carbonyl (C=O) groups is 2. The number of benzene rings is 3. The average Bonchev–Trinajstić information content (AvgIpc) is 3.39. The number of aryl methyl sites for hydroxylation is 1. The third kappa shape index (κ3) is 11.3. The highest BCUT2D eigenvalue weighted by Crippen LogP contribution is 2.32. The summed E-state index contributed by atoms with van der Waals surface area (Å²) in [6, 6.07) is 24.7. The molecule has 1 saturated heterocycles. The van der Waals surface area contributed by atoms with Gasteiger partial charge in [0.15, 0.2) is 0 Å². The maximum Gasteiger partial charge on any atom is 0.407 e. The zero-order valence-electron chi connectivity index (χ0n) is 29.1. The Morgan fingerprint density at radius 3 is 2.29 bits per heavy atom. The van der Waals surface area contributed by atoms with Gasteiger partial charge in [-0.1, -0.05) is 78.9 Å². The molecule has 0 spiro atoms. The van der Waals surface area contributed by atoms with E-state index >= 15 is 0 Å². The number of carbonyl (C=O) groups excluding carboxylic acids is 2. The minimum atomic E-state index is -1.04. The van der Waals surface area contributed by atoms with Gasteiger partial charge in [0.2, 0.25) is 5.91 Å². The van der Waals surface area contributed by atoms with Gasteiger partial charge in [0, 0.05) is 36.9 Å². The molecule has 2 amide bonds. The molecule has 1 heterocycles. The Kier molecular flexibility index (Phi) is 13.2. The lowest BCUT2D eigenvalue weighted by molar-refractivity contribution is -0.127. The predicted molar refractivity (Wildman–Crippen MR) is 197 cm³/mol. The van der Waals surface area contributed by atoms with Crippen LogP contribution in [0.25, 0.3) is 0 Å². The lowest BCUT2D eigenvalue weighted by Gasteiger charge is -2.30. The first-order valence-electron chi connectivity index (χ1n) is 17.7. The molecule has 5 rings (SSSR count). The van der Waals surface area contributed by atoms with Crippen molar-refractivity contribution in [2.45, 2.75) is 89.2 Å². The fourth-order valence-corrected chi connectivity index (χ4v) is 7.80. The number of ether oxygens (including phenoxy) is 1. The minimum Gasteiger partial charge on any atom is -0.444 e. The maximum atomic E-state index is 14.1. The predicted octanol–water partition coefficient (Wildman–Crippen LogP) is 5.49. The maximum absolute atomic E-state index is 14.1. The van der Waals surface area contributed by atoms with Crippen molar-refractivity contribution in [3.63, 3.8) is 0 Å². The Bertz CT molecular complexity index is 1490. The van der Waals surface area contributed by atoms with Gasteiger partial charge in [-0.25, -0.2) is 4.79 Å². The second-order valence-electron chi connectivity index (χ2n) is 14.5. The summed E-state index contributed by atoms with van der Waals surface area (Å²) in [7, 11) is 0. The highest BCUT2D eigenvalue weighted by atomic mass is 32.2. The van der Waals surface area contributed by atoms with Crippen LogP contribution in [-0.4, -0.2) is 82.1 Å². The molecule has 0 saturated carbocycles. The van der Waals surface area contributed by atoms with Crippen molar-refractivity contribution in [1.82, 2.24) is 15.5 Å². The SMILES string of the molecule is CC(C)(C)OC(=O)N[C@@H](Cc1ccccc1)[C@@H](O)C[C@H](Cc1ccc(CCCN2CCSCC2)cc1)C(=O)N[C@H]1c2ccccc2C[C@H]1O. The summed E-state index contributed by atoms with van der Waals surface area (Å²) < 4.78 is 5.54. The van der Waals surface area contributed by atoms with E-state index in [0.29, 0.717) is 19.3 Å². The zero-order chi connectivity index (χ0) is 34.8. The van der Waals surface area contributed by atoms with E-state index in [1.807, 2.05) is 66.4 Å². The Morgan fingerprint density at radius 1 is 0.918 bits per heavy atom. The van der Waals surface area contributed by atoms with E-state index in [2.05, 4.69) is 39.8 Å². The van der Waals surface area contributed by atoms with Crippen LogP contribution in [0.5, 0.6) is 0 Å². The third-order valence-electron chi connectivity index (χ3n) is 9.41. The Balaban J connectivity index is 1.31. The number of rotatable bonds is 14. The molecule has 1 aliphatic heterocycles. The Labute approximate surface area is 296 Å². The molecule has 8 nitrogen and oxygen atoms in total. The standard InChI is InChI=1S/C40H53N3O5S/c1-40(2,3)48-39(47)41-34(25-29-10-5-4-6-11-29)35(44)27-32(38(46)42-37-33-14-8-7-13-31(33)26-36(37)45)24-30-17-15-28(16-18-30)12-9-19-43-20-22-49-23-21-43/h4-8,10-11,13-18,32,34-37,44-45H,9,12,19-27H2,1-3H3,(H,41,47)(H,42,46)/t32-,34-,35-,36+,37-/m0/s1. The summed E-state index contributed by atoms with van der Waals surface area (Å²) in [4.78, 5) is 29.5. The molecule has 1 fully saturated rings. The monoisotopic (exact) mass is 687 g/mol. The number of thioether (sulfide) groups is 1. The van der Waals surface area contributed by atoms with Gasteiger partial charge in [-0.05, 0) is 87.2 Å². The summed E-state index contributed by atoms with van der Waals surface area (Å²) in [5.41, 5.74) is 4.46. The fourth-order valence-electron chi connectivity index (χ4n) is 6.83. The van der Waals surface area contributed by atoms with Crippen molar-refractivity contribution in [2.24, 2.45) is 5.92 Å². The number of alkyl carbamates (subject to hydrolysis) is 1. The van der Waals surface area contributed by atoms with Crippen LogP contribution in [0.3, 0.4) is 0 Å². The topological polar surface area (TPSA) is 111 Å². The molecule has 0 aromatic heterocycles. The second kappa shape index (κ2) is 17.5. The van der Waals surface area contributed by atoms with Crippen molar-refractivity contribution < 1.29 is 24.5 Å². The molecule has 0 bridgehead atoms. The normalized spacial score (nSPS) is 19.8. The van der Waals surface area contributed by atoms with Gasteiger partial charge >= 0.3 is 6.09 Å². The van der Waals surface area contributed by atoms with Crippen molar-refractivity contribution in [3.8, 4) is 0 Å². The molecule has 0 unspecified atom stereocenters. The fraction of sp³-hybridized carbons (Fsp3) is 0.500. The number of hydrogen-bond acceptors (Lipinski definition) is 7. The van der Waals surface area contributed by atoms with Gasteiger partial charge in [-0.15, -0.1) is 0 Å². The first-order valence-corrected chi connectivity index (χ1v) is 18.8. The molecule has 9 heteroatoms. The number of nitrogens with one attached hydrogen (secondary N) is 2. The van der Waals surface area contributed by atoms with E-state index in [1.165, 1.54) is 30.2 Å². The zero-order valence-corrected chi connectivity index (χ0v) is 30.0. The Morgan fingerprint density at radius 2 is 1.57 bits per heavy atom. The first-order chi connectivity index (χ1) is 23.5. The van der Waals surface area contributed by atoms with Crippen LogP contribution in [-0.2, 0) is 35.2 Å². The van der Waals surface area contributed by atoms with Crippen LogP contribution in [0.1, 0.15) is 67.5 Å². The van der Waals surface area contributed by atoms with E-state index in [0.717, 1.165) is 41.6 Å². The quantitative estimate of drug-likeness (QED) is 0.178. The molecule has 3 aromatic rings. The van der Waals surface area contributed by atoms with Crippen LogP contribution in [0.4, 0.5) is 4.79 Å². The van der Waals surface area contributed by atoms with Crippen molar-refractivity contribution in [3.05, 3.63) is 107 Å². The lowest BCUT2D eigenvalue weighted by Crippen LogP contribution is -2.48. The molecular formula is C40H53N3O5S. The number of aliphatic hydroxyl groups excluding tert-OH is 2. The molecular weight excluding hydrogens is 635 g/mol. The number of fused-ring (bicyclic) bond motifs is 1. The van der Waals surface area contributed by atoms with E-state index in [1.54, 1.807) is 20.8 Å². The minimum absolute atomic E-state index is 0.111. The van der Waals surface area contributed by atoms with Crippen LogP contribution in [0.15, 0.2) is 78.9 Å². The van der Waals surface area contributed by atoms with Crippen molar-refractivity contribution in [2.75, 3.05) is 31.1 Å². The third-order valence-corrected chi connectivity index (χ3v) is 10.4. The molecule has 4 N–H and O–H groups in total. The smallest absolute Gasteiger partial charge is 0.407 e. The number of nitrogens with zero attached hydrogens (tertiary/aromatic N) is 1. The first kappa shape index (κ1) is 36.9. The number of amides is 2. The van der Waals surface area contributed by atoms with E-state index < -0.39 is 41.9 Å². The van der Waals surface area contributed by atoms with Crippen molar-refractivity contribution in [1.29, 1.82) is 0 Å². The van der Waals surface area contributed by atoms with E-state index in [-0.39, 0.29) is 12.3 Å². The van der Waals surface area contributed by atoms with Crippen LogP contribution in [0, 0.1) is 5.92 Å². The van der Waals surface area contributed by atoms with Crippen molar-refractivity contribution >= 4 is 23.8 Å². The summed E-state index contributed by atoms with van der Waals surface area (Å²) in [6.07, 6.45) is 1.09. The number of aliphatic hydroxyl groups is 2. The largest absolute Gasteiger partial charge is 0.444 e. The van der Waals surface area contributed by atoms with Crippen LogP contribution in [0.2, 0.25) is 0 Å². The molecule has 3 aromatic carbocycles. The van der Waals surface area contributed by atoms with Crippen LogP contribution < -0.4 is 10.6 Å². The lowest BCUT2D eigenvalue weighted by atomic mass is 9.88. The molecule has 0 radical (unpaired) electrons. The average molecular weight is 688 g/mol. The highest BCUT2D eigenvalue weighted by molar-refractivity contribution is 7.99. The summed E-state index contributed by atoms with van der Waals surface area (Å²) in [5, 5.41) is 28.7. The molecule has 5 atom stereocenters. The van der Waals surface area contributed by atoms with Gasteiger partial charge in [0.05, 0.1) is 24.3 Å². The summed E-state index contributed by atoms with van der Waals surface area (Å²) >= 11 is 2.03. The van der Waals surface area contributed by atoms with Gasteiger partial charge in [0.1, 0.15) is 5.60 Å². The number of hydrogen-bond donors (Lipinski definition) is 4.